The van der Waals surface area contributed by atoms with E-state index < -0.39 is 0 Å². The minimum absolute atomic E-state index is 0.302. The second kappa shape index (κ2) is 5.69. The van der Waals surface area contributed by atoms with Gasteiger partial charge in [-0.15, -0.1) is 0 Å². The van der Waals surface area contributed by atoms with E-state index in [1.807, 2.05) is 0 Å². The lowest BCUT2D eigenvalue weighted by Gasteiger charge is -2.07. The summed E-state index contributed by atoms with van der Waals surface area (Å²) >= 11 is 15.0. The summed E-state index contributed by atoms with van der Waals surface area (Å²) in [5, 5.41) is 3.40. The van der Waals surface area contributed by atoms with Gasteiger partial charge in [0.1, 0.15) is 5.15 Å². The molecule has 0 atom stereocenters. The van der Waals surface area contributed by atoms with Gasteiger partial charge in [0.25, 0.3) is 5.91 Å². The van der Waals surface area contributed by atoms with E-state index in [0.717, 1.165) is 4.47 Å². The molecule has 0 saturated heterocycles. The largest absolute Gasteiger partial charge is 0.322 e. The lowest BCUT2D eigenvalue weighted by atomic mass is 10.2. The summed E-state index contributed by atoms with van der Waals surface area (Å²) in [4.78, 5) is 15.9. The average molecular weight is 346 g/mol. The van der Waals surface area contributed by atoms with Crippen molar-refractivity contribution < 1.29 is 4.79 Å². The topological polar surface area (TPSA) is 42.0 Å². The number of amides is 1. The van der Waals surface area contributed by atoms with Gasteiger partial charge in [-0.05, 0) is 30.3 Å². The lowest BCUT2D eigenvalue weighted by Crippen LogP contribution is -2.12. The number of nitrogens with one attached hydrogen (secondary N) is 1. The van der Waals surface area contributed by atoms with Gasteiger partial charge in [-0.25, -0.2) is 4.98 Å². The SMILES string of the molecule is O=C(Nc1ccnc(Cl)c1)c1cc(Br)ccc1Cl. The molecule has 6 heteroatoms. The van der Waals surface area contributed by atoms with Gasteiger partial charge >= 0.3 is 0 Å². The number of anilines is 1. The van der Waals surface area contributed by atoms with Crippen LogP contribution in [-0.4, -0.2) is 10.9 Å². The molecule has 92 valence electrons. The summed E-state index contributed by atoms with van der Waals surface area (Å²) in [6.07, 6.45) is 1.51. The first kappa shape index (κ1) is 13.3. The van der Waals surface area contributed by atoms with Crippen LogP contribution >= 0.6 is 39.1 Å². The molecule has 1 heterocycles. The number of pyridine rings is 1. The number of carbonyl (C=O) groups excluding carboxylic acids is 1. The van der Waals surface area contributed by atoms with Gasteiger partial charge in [-0.3, -0.25) is 4.79 Å². The molecule has 1 N–H and O–H groups in total. The molecule has 3 nitrogen and oxygen atoms in total. The standard InChI is InChI=1S/C12H7BrCl2N2O/c13-7-1-2-10(14)9(5-7)12(18)17-8-3-4-16-11(15)6-8/h1-6H,(H,16,17,18). The Bertz CT molecular complexity index is 604. The summed E-state index contributed by atoms with van der Waals surface area (Å²) in [6.45, 7) is 0. The van der Waals surface area contributed by atoms with Gasteiger partial charge in [0, 0.05) is 16.4 Å². The van der Waals surface area contributed by atoms with Crippen molar-refractivity contribution in [3.63, 3.8) is 0 Å². The van der Waals surface area contributed by atoms with Crippen molar-refractivity contribution in [2.45, 2.75) is 0 Å². The highest BCUT2D eigenvalue weighted by molar-refractivity contribution is 9.10. The first-order valence-corrected chi connectivity index (χ1v) is 6.49. The predicted octanol–water partition coefficient (Wildman–Crippen LogP) is 4.40. The van der Waals surface area contributed by atoms with Gasteiger partial charge in [0.2, 0.25) is 0 Å². The van der Waals surface area contributed by atoms with E-state index in [1.165, 1.54) is 6.20 Å². The summed E-state index contributed by atoms with van der Waals surface area (Å²) in [5.41, 5.74) is 0.954. The summed E-state index contributed by atoms with van der Waals surface area (Å²) < 4.78 is 0.782. The van der Waals surface area contributed by atoms with E-state index in [2.05, 4.69) is 26.2 Å². The Hall–Kier alpha value is -1.10. The van der Waals surface area contributed by atoms with Crippen LogP contribution in [0.4, 0.5) is 5.69 Å². The molecule has 1 aromatic carbocycles. The van der Waals surface area contributed by atoms with E-state index in [4.69, 9.17) is 23.2 Å². The zero-order chi connectivity index (χ0) is 13.1. The van der Waals surface area contributed by atoms with Crippen LogP contribution in [-0.2, 0) is 0 Å². The first-order valence-electron chi connectivity index (χ1n) is 4.94. The van der Waals surface area contributed by atoms with E-state index in [9.17, 15) is 4.79 Å². The third-order valence-electron chi connectivity index (χ3n) is 2.16. The molecular weight excluding hydrogens is 339 g/mol. The Labute approximate surface area is 122 Å². The number of halogens is 3. The average Bonchev–Trinajstić information content (AvgIpc) is 2.32. The second-order valence-electron chi connectivity index (χ2n) is 3.45. The molecule has 0 bridgehead atoms. The normalized spacial score (nSPS) is 10.2. The predicted molar refractivity (Wildman–Crippen MR) is 76.4 cm³/mol. The zero-order valence-electron chi connectivity index (χ0n) is 8.95. The first-order chi connectivity index (χ1) is 8.56. The van der Waals surface area contributed by atoms with Crippen molar-refractivity contribution in [1.29, 1.82) is 0 Å². The van der Waals surface area contributed by atoms with Crippen LogP contribution < -0.4 is 5.32 Å². The van der Waals surface area contributed by atoms with Crippen LogP contribution in [0.3, 0.4) is 0 Å². The number of hydrogen-bond donors (Lipinski definition) is 1. The number of aromatic nitrogens is 1. The van der Waals surface area contributed by atoms with Crippen LogP contribution in [0.15, 0.2) is 41.0 Å². The van der Waals surface area contributed by atoms with Crippen molar-refractivity contribution in [3.05, 3.63) is 56.7 Å². The number of nitrogens with zero attached hydrogens (tertiary/aromatic N) is 1. The molecule has 0 spiro atoms. The maximum atomic E-state index is 12.0. The van der Waals surface area contributed by atoms with Crippen LogP contribution in [0, 0.1) is 0 Å². The number of rotatable bonds is 2. The van der Waals surface area contributed by atoms with Crippen LogP contribution in [0.5, 0.6) is 0 Å². The smallest absolute Gasteiger partial charge is 0.257 e. The third-order valence-corrected chi connectivity index (χ3v) is 3.19. The molecule has 18 heavy (non-hydrogen) atoms. The molecule has 1 aromatic heterocycles. The van der Waals surface area contributed by atoms with Crippen molar-refractivity contribution in [3.8, 4) is 0 Å². The maximum absolute atomic E-state index is 12.0. The van der Waals surface area contributed by atoms with Crippen molar-refractivity contribution in [2.75, 3.05) is 5.32 Å². The Morgan fingerprint density at radius 1 is 1.22 bits per heavy atom. The minimum Gasteiger partial charge on any atom is -0.322 e. The molecule has 0 fully saturated rings. The fourth-order valence-electron chi connectivity index (χ4n) is 1.35. The van der Waals surface area contributed by atoms with Gasteiger partial charge in [0.05, 0.1) is 10.6 Å². The van der Waals surface area contributed by atoms with Crippen molar-refractivity contribution in [2.24, 2.45) is 0 Å². The fraction of sp³-hybridized carbons (Fsp3) is 0. The number of hydrogen-bond acceptors (Lipinski definition) is 2. The molecule has 0 saturated carbocycles. The van der Waals surface area contributed by atoms with Crippen molar-refractivity contribution in [1.82, 2.24) is 4.98 Å². The summed E-state index contributed by atoms with van der Waals surface area (Å²) in [7, 11) is 0. The molecule has 2 aromatic rings. The highest BCUT2D eigenvalue weighted by atomic mass is 79.9. The monoisotopic (exact) mass is 344 g/mol. The Morgan fingerprint density at radius 3 is 2.72 bits per heavy atom. The molecule has 0 radical (unpaired) electrons. The molecule has 2 rings (SSSR count). The van der Waals surface area contributed by atoms with E-state index in [1.54, 1.807) is 30.3 Å². The Kier molecular flexibility index (Phi) is 4.22. The quantitative estimate of drug-likeness (QED) is 0.819. The summed E-state index contributed by atoms with van der Waals surface area (Å²) in [5.74, 6) is -0.302. The summed E-state index contributed by atoms with van der Waals surface area (Å²) in [6, 6.07) is 8.28. The van der Waals surface area contributed by atoms with Crippen LogP contribution in [0.2, 0.25) is 10.2 Å². The van der Waals surface area contributed by atoms with E-state index in [-0.39, 0.29) is 5.91 Å². The number of benzene rings is 1. The molecule has 0 aliphatic heterocycles. The third kappa shape index (κ3) is 3.22. The number of carbonyl (C=O) groups is 1. The van der Waals surface area contributed by atoms with Gasteiger partial charge in [0.15, 0.2) is 0 Å². The highest BCUT2D eigenvalue weighted by Crippen LogP contribution is 2.22. The van der Waals surface area contributed by atoms with E-state index >= 15 is 0 Å². The van der Waals surface area contributed by atoms with E-state index in [0.29, 0.717) is 21.4 Å². The molecule has 0 unspecified atom stereocenters. The van der Waals surface area contributed by atoms with Crippen LogP contribution in [0.1, 0.15) is 10.4 Å². The van der Waals surface area contributed by atoms with Crippen molar-refractivity contribution >= 4 is 50.7 Å². The molecule has 0 aliphatic rings. The maximum Gasteiger partial charge on any atom is 0.257 e. The molecular formula is C12H7BrCl2N2O. The Morgan fingerprint density at radius 2 is 2.00 bits per heavy atom. The fourth-order valence-corrected chi connectivity index (χ4v) is 2.09. The van der Waals surface area contributed by atoms with Gasteiger partial charge < -0.3 is 5.32 Å². The minimum atomic E-state index is -0.302. The second-order valence-corrected chi connectivity index (χ2v) is 5.16. The lowest BCUT2D eigenvalue weighted by molar-refractivity contribution is 0.102. The van der Waals surface area contributed by atoms with Crippen LogP contribution in [0.25, 0.3) is 0 Å². The molecule has 0 aliphatic carbocycles. The van der Waals surface area contributed by atoms with Gasteiger partial charge in [-0.2, -0.15) is 0 Å². The molecule has 1 amide bonds. The Balaban J connectivity index is 2.24. The highest BCUT2D eigenvalue weighted by Gasteiger charge is 2.11. The zero-order valence-corrected chi connectivity index (χ0v) is 12.1. The van der Waals surface area contributed by atoms with Gasteiger partial charge in [-0.1, -0.05) is 39.1 Å².